The Hall–Kier alpha value is -2.62. The highest BCUT2D eigenvalue weighted by Gasteiger charge is 2.34. The topological polar surface area (TPSA) is 46.6 Å². The standard InChI is InChI=1S/C20H21NO3/c1-13-8-10-15(11-9-13)14(2)21(3)19(22)18-12-16-6-4-5-7-17(16)20(23)24-18/h4-11,14,18H,12H2,1-3H3. The van der Waals surface area contributed by atoms with Crippen LogP contribution in [0.15, 0.2) is 48.5 Å². The zero-order valence-corrected chi connectivity index (χ0v) is 14.2. The fraction of sp³-hybridized carbons (Fsp3) is 0.300. The molecule has 0 aliphatic carbocycles. The van der Waals surface area contributed by atoms with Crippen LogP contribution in [0.2, 0.25) is 0 Å². The van der Waals surface area contributed by atoms with E-state index in [1.54, 1.807) is 24.1 Å². The van der Waals surface area contributed by atoms with Crippen molar-refractivity contribution >= 4 is 11.9 Å². The third-order valence-corrected chi connectivity index (χ3v) is 4.66. The van der Waals surface area contributed by atoms with Crippen LogP contribution in [0.4, 0.5) is 0 Å². The molecule has 4 nitrogen and oxygen atoms in total. The Balaban J connectivity index is 1.77. The van der Waals surface area contributed by atoms with Crippen LogP contribution >= 0.6 is 0 Å². The van der Waals surface area contributed by atoms with Crippen LogP contribution in [0.3, 0.4) is 0 Å². The minimum atomic E-state index is -0.759. The molecule has 1 aliphatic rings. The molecule has 24 heavy (non-hydrogen) atoms. The molecule has 1 aliphatic heterocycles. The number of esters is 1. The normalized spacial score (nSPS) is 17.6. The van der Waals surface area contributed by atoms with E-state index in [0.717, 1.165) is 11.1 Å². The molecule has 0 aromatic heterocycles. The minimum absolute atomic E-state index is 0.0889. The zero-order chi connectivity index (χ0) is 17.3. The zero-order valence-electron chi connectivity index (χ0n) is 14.2. The lowest BCUT2D eigenvalue weighted by molar-refractivity contribution is -0.141. The quantitative estimate of drug-likeness (QED) is 0.814. The number of benzene rings is 2. The number of nitrogens with zero attached hydrogens (tertiary/aromatic N) is 1. The summed E-state index contributed by atoms with van der Waals surface area (Å²) >= 11 is 0. The number of hydrogen-bond acceptors (Lipinski definition) is 3. The Morgan fingerprint density at radius 1 is 1.17 bits per heavy atom. The van der Waals surface area contributed by atoms with Crippen molar-refractivity contribution in [3.05, 3.63) is 70.8 Å². The molecule has 1 amide bonds. The molecule has 2 atom stereocenters. The predicted octanol–water partition coefficient (Wildman–Crippen LogP) is 3.30. The van der Waals surface area contributed by atoms with Gasteiger partial charge >= 0.3 is 5.97 Å². The number of hydrogen-bond donors (Lipinski definition) is 0. The molecule has 0 fully saturated rings. The van der Waals surface area contributed by atoms with Crippen molar-refractivity contribution in [1.82, 2.24) is 4.90 Å². The summed E-state index contributed by atoms with van der Waals surface area (Å²) in [5, 5.41) is 0. The second-order valence-electron chi connectivity index (χ2n) is 6.29. The third kappa shape index (κ3) is 3.04. The summed E-state index contributed by atoms with van der Waals surface area (Å²) in [7, 11) is 1.75. The van der Waals surface area contributed by atoms with Crippen molar-refractivity contribution in [3.8, 4) is 0 Å². The molecular weight excluding hydrogens is 302 g/mol. The number of ether oxygens (including phenoxy) is 1. The van der Waals surface area contributed by atoms with Crippen LogP contribution in [-0.2, 0) is 16.0 Å². The third-order valence-electron chi connectivity index (χ3n) is 4.66. The van der Waals surface area contributed by atoms with Crippen LogP contribution in [0, 0.1) is 6.92 Å². The maximum absolute atomic E-state index is 12.8. The molecule has 0 saturated carbocycles. The fourth-order valence-corrected chi connectivity index (χ4v) is 2.96. The number of likely N-dealkylation sites (N-methyl/N-ethyl adjacent to an activating group) is 1. The average Bonchev–Trinajstić information content (AvgIpc) is 2.60. The van der Waals surface area contributed by atoms with E-state index in [2.05, 4.69) is 0 Å². The average molecular weight is 323 g/mol. The number of fused-ring (bicyclic) bond motifs is 1. The van der Waals surface area contributed by atoms with Crippen molar-refractivity contribution in [2.24, 2.45) is 0 Å². The second kappa shape index (κ2) is 6.48. The highest BCUT2D eigenvalue weighted by atomic mass is 16.5. The molecule has 124 valence electrons. The predicted molar refractivity (Wildman–Crippen MR) is 91.7 cm³/mol. The van der Waals surface area contributed by atoms with Gasteiger partial charge in [-0.1, -0.05) is 48.0 Å². The van der Waals surface area contributed by atoms with Crippen molar-refractivity contribution in [2.45, 2.75) is 32.4 Å². The van der Waals surface area contributed by atoms with E-state index < -0.39 is 12.1 Å². The highest BCUT2D eigenvalue weighted by Crippen LogP contribution is 2.25. The molecule has 4 heteroatoms. The van der Waals surface area contributed by atoms with Gasteiger partial charge in [0.05, 0.1) is 11.6 Å². The first-order valence-electron chi connectivity index (χ1n) is 8.09. The lowest BCUT2D eigenvalue weighted by atomic mass is 9.97. The smallest absolute Gasteiger partial charge is 0.339 e. The molecule has 0 bridgehead atoms. The molecule has 0 radical (unpaired) electrons. The maximum Gasteiger partial charge on any atom is 0.339 e. The van der Waals surface area contributed by atoms with Gasteiger partial charge in [-0.15, -0.1) is 0 Å². The monoisotopic (exact) mass is 323 g/mol. The second-order valence-corrected chi connectivity index (χ2v) is 6.29. The van der Waals surface area contributed by atoms with E-state index in [9.17, 15) is 9.59 Å². The Bertz CT molecular complexity index is 767. The van der Waals surface area contributed by atoms with Crippen LogP contribution in [-0.4, -0.2) is 29.9 Å². The van der Waals surface area contributed by atoms with Gasteiger partial charge in [-0.25, -0.2) is 4.79 Å². The fourth-order valence-electron chi connectivity index (χ4n) is 2.96. The lowest BCUT2D eigenvalue weighted by Crippen LogP contribution is -2.43. The summed E-state index contributed by atoms with van der Waals surface area (Å²) in [6.07, 6.45) is -0.337. The van der Waals surface area contributed by atoms with Gasteiger partial charge in [-0.2, -0.15) is 0 Å². The minimum Gasteiger partial charge on any atom is -0.448 e. The maximum atomic E-state index is 12.8. The summed E-state index contributed by atoms with van der Waals surface area (Å²) < 4.78 is 5.37. The number of aryl methyl sites for hydroxylation is 1. The largest absolute Gasteiger partial charge is 0.448 e. The van der Waals surface area contributed by atoms with Crippen molar-refractivity contribution in [3.63, 3.8) is 0 Å². The molecule has 2 aromatic rings. The van der Waals surface area contributed by atoms with E-state index in [0.29, 0.717) is 12.0 Å². The first kappa shape index (κ1) is 16.2. The summed E-state index contributed by atoms with van der Waals surface area (Å²) in [6, 6.07) is 15.3. The molecule has 3 rings (SSSR count). The summed E-state index contributed by atoms with van der Waals surface area (Å²) in [5.74, 6) is -0.600. The van der Waals surface area contributed by atoms with Crippen molar-refractivity contribution in [2.75, 3.05) is 7.05 Å². The Morgan fingerprint density at radius 2 is 1.83 bits per heavy atom. The van der Waals surface area contributed by atoms with Crippen molar-refractivity contribution in [1.29, 1.82) is 0 Å². The van der Waals surface area contributed by atoms with Gasteiger partial charge in [-0.3, -0.25) is 4.79 Å². The molecule has 0 spiro atoms. The molecular formula is C20H21NO3. The van der Waals surface area contributed by atoms with E-state index in [4.69, 9.17) is 4.74 Å². The van der Waals surface area contributed by atoms with Gasteiger partial charge in [0.2, 0.25) is 0 Å². The van der Waals surface area contributed by atoms with Crippen LogP contribution in [0.1, 0.15) is 40.0 Å². The Kier molecular flexibility index (Phi) is 4.38. The van der Waals surface area contributed by atoms with E-state index in [1.165, 1.54) is 5.56 Å². The summed E-state index contributed by atoms with van der Waals surface area (Å²) in [6.45, 7) is 4.00. The Morgan fingerprint density at radius 3 is 2.54 bits per heavy atom. The van der Waals surface area contributed by atoms with Gasteiger partial charge in [0.15, 0.2) is 6.10 Å². The number of rotatable bonds is 3. The summed E-state index contributed by atoms with van der Waals surface area (Å²) in [5.41, 5.74) is 3.65. The van der Waals surface area contributed by atoms with Gasteiger partial charge < -0.3 is 9.64 Å². The van der Waals surface area contributed by atoms with Gasteiger partial charge in [0, 0.05) is 13.5 Å². The number of carbonyl (C=O) groups excluding carboxylic acids is 2. The first-order valence-corrected chi connectivity index (χ1v) is 8.09. The van der Waals surface area contributed by atoms with E-state index >= 15 is 0 Å². The SMILES string of the molecule is Cc1ccc(C(C)N(C)C(=O)C2Cc3ccccc3C(=O)O2)cc1. The molecule has 2 aromatic carbocycles. The number of carbonyl (C=O) groups is 2. The summed E-state index contributed by atoms with van der Waals surface area (Å²) in [4.78, 5) is 26.5. The van der Waals surface area contributed by atoms with Gasteiger partial charge in [0.25, 0.3) is 5.91 Å². The number of amides is 1. The van der Waals surface area contributed by atoms with E-state index in [1.807, 2.05) is 50.2 Å². The molecule has 0 N–H and O–H groups in total. The lowest BCUT2D eigenvalue weighted by Gasteiger charge is -2.31. The Labute approximate surface area is 142 Å². The number of cyclic esters (lactones) is 1. The van der Waals surface area contributed by atoms with Crippen LogP contribution in [0.5, 0.6) is 0 Å². The van der Waals surface area contributed by atoms with Crippen LogP contribution < -0.4 is 0 Å². The van der Waals surface area contributed by atoms with Crippen molar-refractivity contribution < 1.29 is 14.3 Å². The molecule has 1 heterocycles. The van der Waals surface area contributed by atoms with E-state index in [-0.39, 0.29) is 11.9 Å². The van der Waals surface area contributed by atoms with Gasteiger partial charge in [0.1, 0.15) is 0 Å². The first-order chi connectivity index (χ1) is 11.5. The molecule has 2 unspecified atom stereocenters. The molecule has 0 saturated heterocycles. The highest BCUT2D eigenvalue weighted by molar-refractivity contribution is 5.95. The van der Waals surface area contributed by atoms with Crippen LogP contribution in [0.25, 0.3) is 0 Å². The van der Waals surface area contributed by atoms with Gasteiger partial charge in [-0.05, 0) is 31.0 Å².